The van der Waals surface area contributed by atoms with E-state index in [1.165, 1.54) is 23.9 Å². The Morgan fingerprint density at radius 2 is 1.79 bits per heavy atom. The summed E-state index contributed by atoms with van der Waals surface area (Å²) in [7, 11) is 0. The monoisotopic (exact) mass is 551 g/mol. The third-order valence-electron chi connectivity index (χ3n) is 5.93. The predicted molar refractivity (Wildman–Crippen MR) is 143 cm³/mol. The van der Waals surface area contributed by atoms with Crippen LogP contribution in [0.4, 0.5) is 10.1 Å². The van der Waals surface area contributed by atoms with Crippen LogP contribution in [0.15, 0.2) is 78.0 Å². The fourth-order valence-electron chi connectivity index (χ4n) is 4.07. The van der Waals surface area contributed by atoms with Crippen LogP contribution >= 0.6 is 23.4 Å². The van der Waals surface area contributed by atoms with Gasteiger partial charge in [0.25, 0.3) is 5.91 Å². The molecular formula is C27H23ClFN5O3S. The van der Waals surface area contributed by atoms with Gasteiger partial charge in [-0.15, -0.1) is 10.2 Å². The minimum Gasteiger partial charge on any atom is -0.484 e. The highest BCUT2D eigenvalue weighted by molar-refractivity contribution is 7.99. The number of nitrogens with zero attached hydrogens (tertiary/aromatic N) is 4. The van der Waals surface area contributed by atoms with Gasteiger partial charge >= 0.3 is 0 Å². The lowest BCUT2D eigenvalue weighted by Crippen LogP contribution is -2.30. The van der Waals surface area contributed by atoms with Crippen LogP contribution in [0, 0.1) is 5.82 Å². The van der Waals surface area contributed by atoms with E-state index in [0.717, 1.165) is 17.7 Å². The number of ether oxygens (including phenoxy) is 1. The number of carbonyl (C=O) groups excluding carboxylic acids is 2. The Hall–Kier alpha value is -3.89. The molecular weight excluding hydrogens is 529 g/mol. The molecule has 0 bridgehead atoms. The second-order valence-electron chi connectivity index (χ2n) is 8.44. The van der Waals surface area contributed by atoms with Gasteiger partial charge in [-0.05, 0) is 66.6 Å². The van der Waals surface area contributed by atoms with Crippen molar-refractivity contribution in [3.63, 3.8) is 0 Å². The number of hydrogen-bond acceptors (Lipinski definition) is 6. The number of hydrogen-bond donors (Lipinski definition) is 1. The van der Waals surface area contributed by atoms with Gasteiger partial charge in [-0.3, -0.25) is 14.2 Å². The minimum absolute atomic E-state index is 0.0391. The normalized spacial score (nSPS) is 12.3. The largest absolute Gasteiger partial charge is 0.484 e. The summed E-state index contributed by atoms with van der Waals surface area (Å²) in [5, 5.41) is 12.3. The van der Waals surface area contributed by atoms with Crippen molar-refractivity contribution in [2.24, 2.45) is 0 Å². The zero-order valence-corrected chi connectivity index (χ0v) is 21.7. The first-order chi connectivity index (χ1) is 18.5. The predicted octanol–water partition coefficient (Wildman–Crippen LogP) is 4.44. The van der Waals surface area contributed by atoms with Gasteiger partial charge < -0.3 is 15.0 Å². The van der Waals surface area contributed by atoms with Crippen LogP contribution in [0.1, 0.15) is 11.4 Å². The van der Waals surface area contributed by atoms with Crippen LogP contribution in [0.25, 0.3) is 5.69 Å². The van der Waals surface area contributed by atoms with Crippen LogP contribution in [0.5, 0.6) is 5.75 Å². The molecule has 0 saturated carbocycles. The third-order valence-corrected chi connectivity index (χ3v) is 7.09. The molecule has 4 aromatic rings. The number of para-hydroxylation sites is 1. The Bertz CT molecular complexity index is 1450. The van der Waals surface area contributed by atoms with E-state index in [0.29, 0.717) is 34.0 Å². The summed E-state index contributed by atoms with van der Waals surface area (Å²) in [6.45, 7) is 0.500. The van der Waals surface area contributed by atoms with Crippen molar-refractivity contribution in [1.82, 2.24) is 20.1 Å². The summed E-state index contributed by atoms with van der Waals surface area (Å²) in [6, 6.07) is 20.4. The third kappa shape index (κ3) is 5.98. The van der Waals surface area contributed by atoms with E-state index in [1.54, 1.807) is 45.9 Å². The van der Waals surface area contributed by atoms with Gasteiger partial charge in [-0.1, -0.05) is 41.6 Å². The number of amides is 2. The first kappa shape index (κ1) is 25.7. The van der Waals surface area contributed by atoms with E-state index >= 15 is 0 Å². The Kier molecular flexibility index (Phi) is 7.90. The molecule has 194 valence electrons. The number of nitrogens with one attached hydrogen (secondary N) is 1. The van der Waals surface area contributed by atoms with Crippen LogP contribution in [-0.2, 0) is 22.6 Å². The SMILES string of the molecule is O=C(COc1ccc(Cl)cc1)NCc1nnc(SCC(=O)N2CCc3ccccc32)n1-c1ccc(F)cc1. The molecule has 0 aliphatic carbocycles. The molecule has 5 rings (SSSR count). The van der Waals surface area contributed by atoms with E-state index in [1.807, 2.05) is 24.3 Å². The minimum atomic E-state index is -0.381. The highest BCUT2D eigenvalue weighted by atomic mass is 35.5. The lowest BCUT2D eigenvalue weighted by atomic mass is 10.2. The van der Waals surface area contributed by atoms with Crippen molar-refractivity contribution in [3.8, 4) is 11.4 Å². The van der Waals surface area contributed by atoms with Crippen molar-refractivity contribution in [2.45, 2.75) is 18.1 Å². The fourth-order valence-corrected chi connectivity index (χ4v) is 5.04. The molecule has 0 unspecified atom stereocenters. The van der Waals surface area contributed by atoms with Gasteiger partial charge in [-0.2, -0.15) is 0 Å². The standard InChI is InChI=1S/C27H23ClFN5O3S/c28-19-5-11-22(12-6-19)37-16-25(35)30-15-24-31-32-27(34(24)21-9-7-20(29)8-10-21)38-17-26(36)33-14-13-18-3-1-2-4-23(18)33/h1-12H,13-17H2,(H,30,35). The Morgan fingerprint density at radius 1 is 1.03 bits per heavy atom. The first-order valence-electron chi connectivity index (χ1n) is 11.8. The molecule has 1 aliphatic heterocycles. The maximum Gasteiger partial charge on any atom is 0.258 e. The van der Waals surface area contributed by atoms with Crippen molar-refractivity contribution in [2.75, 3.05) is 23.8 Å². The van der Waals surface area contributed by atoms with Crippen molar-refractivity contribution < 1.29 is 18.7 Å². The van der Waals surface area contributed by atoms with Gasteiger partial charge in [0.2, 0.25) is 5.91 Å². The smallest absolute Gasteiger partial charge is 0.258 e. The molecule has 1 N–H and O–H groups in total. The molecule has 2 amide bonds. The average molecular weight is 552 g/mol. The molecule has 38 heavy (non-hydrogen) atoms. The van der Waals surface area contributed by atoms with Gasteiger partial charge in [-0.25, -0.2) is 4.39 Å². The number of halogens is 2. The topological polar surface area (TPSA) is 89.3 Å². The maximum absolute atomic E-state index is 13.6. The first-order valence-corrected chi connectivity index (χ1v) is 13.2. The van der Waals surface area contributed by atoms with Gasteiger partial charge in [0.05, 0.1) is 12.3 Å². The molecule has 0 atom stereocenters. The molecule has 0 spiro atoms. The highest BCUT2D eigenvalue weighted by Gasteiger charge is 2.25. The zero-order chi connectivity index (χ0) is 26.5. The average Bonchev–Trinajstić information content (AvgIpc) is 3.55. The van der Waals surface area contributed by atoms with Crippen LogP contribution in [0.3, 0.4) is 0 Å². The van der Waals surface area contributed by atoms with E-state index < -0.39 is 0 Å². The summed E-state index contributed by atoms with van der Waals surface area (Å²) in [5.41, 5.74) is 2.69. The lowest BCUT2D eigenvalue weighted by molar-refractivity contribution is -0.123. The lowest BCUT2D eigenvalue weighted by Gasteiger charge is -2.17. The second kappa shape index (κ2) is 11.7. The molecule has 2 heterocycles. The summed E-state index contributed by atoms with van der Waals surface area (Å²) in [4.78, 5) is 27.2. The Balaban J connectivity index is 1.26. The van der Waals surface area contributed by atoms with Crippen molar-refractivity contribution in [1.29, 1.82) is 0 Å². The van der Waals surface area contributed by atoms with Gasteiger partial charge in [0.15, 0.2) is 17.6 Å². The van der Waals surface area contributed by atoms with Gasteiger partial charge in [0, 0.05) is 22.9 Å². The summed E-state index contributed by atoms with van der Waals surface area (Å²) in [5.74, 6) is 0.317. The van der Waals surface area contributed by atoms with E-state index in [9.17, 15) is 14.0 Å². The number of aromatic nitrogens is 3. The molecule has 0 radical (unpaired) electrons. The van der Waals surface area contributed by atoms with Crippen LogP contribution in [0.2, 0.25) is 5.02 Å². The van der Waals surface area contributed by atoms with Crippen molar-refractivity contribution >= 4 is 40.9 Å². The molecule has 0 saturated heterocycles. The van der Waals surface area contributed by atoms with Crippen molar-refractivity contribution in [3.05, 3.63) is 95.0 Å². The van der Waals surface area contributed by atoms with E-state index in [4.69, 9.17) is 16.3 Å². The maximum atomic E-state index is 13.6. The quantitative estimate of drug-likeness (QED) is 0.309. The van der Waals surface area contributed by atoms with E-state index in [2.05, 4.69) is 15.5 Å². The number of thioether (sulfide) groups is 1. The summed E-state index contributed by atoms with van der Waals surface area (Å²) < 4.78 is 20.8. The molecule has 1 aromatic heterocycles. The van der Waals surface area contributed by atoms with E-state index in [-0.39, 0.29) is 36.5 Å². The Morgan fingerprint density at radius 3 is 2.58 bits per heavy atom. The number of anilines is 1. The summed E-state index contributed by atoms with van der Waals surface area (Å²) >= 11 is 7.10. The highest BCUT2D eigenvalue weighted by Crippen LogP contribution is 2.29. The summed E-state index contributed by atoms with van der Waals surface area (Å²) in [6.07, 6.45) is 0.823. The number of benzene rings is 3. The fraction of sp³-hybridized carbons (Fsp3) is 0.185. The number of rotatable bonds is 9. The molecule has 11 heteroatoms. The molecule has 8 nitrogen and oxygen atoms in total. The molecule has 0 fully saturated rings. The van der Waals surface area contributed by atoms with Gasteiger partial charge in [0.1, 0.15) is 11.6 Å². The zero-order valence-electron chi connectivity index (χ0n) is 20.1. The second-order valence-corrected chi connectivity index (χ2v) is 9.82. The molecule has 1 aliphatic rings. The molecule has 3 aromatic carbocycles. The number of carbonyl (C=O) groups is 2. The van der Waals surface area contributed by atoms with Crippen LogP contribution in [-0.4, -0.2) is 45.5 Å². The van der Waals surface area contributed by atoms with Crippen LogP contribution < -0.4 is 15.0 Å². The number of fused-ring (bicyclic) bond motifs is 1. The Labute approximate surface area is 227 Å².